The maximum atomic E-state index is 12.9. The predicted octanol–water partition coefficient (Wildman–Crippen LogP) is 3.36. The summed E-state index contributed by atoms with van der Waals surface area (Å²) in [6.07, 6.45) is 2.31. The van der Waals surface area contributed by atoms with Crippen molar-refractivity contribution in [2.75, 3.05) is 19.6 Å². The number of rotatable bonds is 7. The van der Waals surface area contributed by atoms with Crippen molar-refractivity contribution in [1.82, 2.24) is 10.2 Å². The lowest BCUT2D eigenvalue weighted by Crippen LogP contribution is -2.30. The van der Waals surface area contributed by atoms with E-state index >= 15 is 0 Å². The van der Waals surface area contributed by atoms with E-state index in [-0.39, 0.29) is 17.6 Å². The van der Waals surface area contributed by atoms with Gasteiger partial charge in [0.25, 0.3) is 5.91 Å². The monoisotopic (exact) mass is 356 g/mol. The fourth-order valence-electron chi connectivity index (χ4n) is 2.83. The molecule has 0 saturated carbocycles. The average molecular weight is 356 g/mol. The van der Waals surface area contributed by atoms with E-state index < -0.39 is 0 Å². The number of ether oxygens (including phenoxy) is 1. The molecule has 6 heteroatoms. The lowest BCUT2D eigenvalue weighted by Gasteiger charge is -2.15. The molecule has 1 saturated heterocycles. The Morgan fingerprint density at radius 1 is 1.08 bits per heavy atom. The first-order valence-electron chi connectivity index (χ1n) is 8.71. The molecule has 3 rings (SSSR count). The van der Waals surface area contributed by atoms with Crippen molar-refractivity contribution in [1.29, 1.82) is 0 Å². The van der Waals surface area contributed by atoms with E-state index in [1.165, 1.54) is 12.1 Å². The summed E-state index contributed by atoms with van der Waals surface area (Å²) in [6.45, 7) is 2.03. The second-order valence-electron chi connectivity index (χ2n) is 6.17. The van der Waals surface area contributed by atoms with E-state index in [9.17, 15) is 14.0 Å². The van der Waals surface area contributed by atoms with Crippen molar-refractivity contribution < 1.29 is 18.7 Å². The van der Waals surface area contributed by atoms with Gasteiger partial charge in [0.2, 0.25) is 5.91 Å². The van der Waals surface area contributed by atoms with Crippen LogP contribution in [0.15, 0.2) is 48.5 Å². The molecule has 1 fully saturated rings. The van der Waals surface area contributed by atoms with Crippen LogP contribution in [0.5, 0.6) is 11.5 Å². The number of nitrogens with one attached hydrogen (secondary N) is 1. The molecule has 1 aliphatic rings. The van der Waals surface area contributed by atoms with E-state index in [1.807, 2.05) is 4.90 Å². The second-order valence-corrected chi connectivity index (χ2v) is 6.17. The van der Waals surface area contributed by atoms with E-state index in [0.717, 1.165) is 19.4 Å². The highest BCUT2D eigenvalue weighted by atomic mass is 19.1. The lowest BCUT2D eigenvalue weighted by molar-refractivity contribution is -0.127. The van der Waals surface area contributed by atoms with Crippen molar-refractivity contribution in [3.05, 3.63) is 59.9 Å². The standard InChI is InChI=1S/C20H21FN2O3/c21-16-6-10-18(11-7-16)26-17-8-4-15(5-9-17)20(25)22-12-2-14-23-13-1-3-19(23)24/h4-11H,1-3,12-14H2,(H,22,25). The molecule has 1 heterocycles. The van der Waals surface area contributed by atoms with Gasteiger partial charge < -0.3 is 15.0 Å². The number of hydrogen-bond donors (Lipinski definition) is 1. The van der Waals surface area contributed by atoms with Gasteiger partial charge in [0.15, 0.2) is 0 Å². The highest BCUT2D eigenvalue weighted by molar-refractivity contribution is 5.94. The number of hydrogen-bond acceptors (Lipinski definition) is 3. The van der Waals surface area contributed by atoms with Crippen molar-refractivity contribution in [2.24, 2.45) is 0 Å². The van der Waals surface area contributed by atoms with Crippen molar-refractivity contribution in [3.8, 4) is 11.5 Å². The molecule has 0 unspecified atom stereocenters. The number of carbonyl (C=O) groups is 2. The van der Waals surface area contributed by atoms with Crippen molar-refractivity contribution >= 4 is 11.8 Å². The maximum Gasteiger partial charge on any atom is 0.251 e. The largest absolute Gasteiger partial charge is 0.457 e. The summed E-state index contributed by atoms with van der Waals surface area (Å²) in [5.41, 5.74) is 0.536. The molecular formula is C20H21FN2O3. The number of nitrogens with zero attached hydrogens (tertiary/aromatic N) is 1. The Morgan fingerprint density at radius 2 is 1.73 bits per heavy atom. The van der Waals surface area contributed by atoms with E-state index in [0.29, 0.717) is 36.6 Å². The van der Waals surface area contributed by atoms with Crippen LogP contribution in [0.4, 0.5) is 4.39 Å². The molecule has 2 aromatic rings. The summed E-state index contributed by atoms with van der Waals surface area (Å²) >= 11 is 0. The Balaban J connectivity index is 1.44. The van der Waals surface area contributed by atoms with Gasteiger partial charge in [0.05, 0.1) is 0 Å². The highest BCUT2D eigenvalue weighted by Crippen LogP contribution is 2.21. The van der Waals surface area contributed by atoms with Gasteiger partial charge in [-0.1, -0.05) is 0 Å². The molecule has 2 aromatic carbocycles. The molecule has 1 N–H and O–H groups in total. The second kappa shape index (κ2) is 8.47. The van der Waals surface area contributed by atoms with E-state index in [2.05, 4.69) is 5.32 Å². The molecule has 136 valence electrons. The highest BCUT2D eigenvalue weighted by Gasteiger charge is 2.19. The van der Waals surface area contributed by atoms with Crippen LogP contribution in [0.1, 0.15) is 29.6 Å². The van der Waals surface area contributed by atoms with Crippen LogP contribution in [0.25, 0.3) is 0 Å². The summed E-state index contributed by atoms with van der Waals surface area (Å²) in [6, 6.07) is 12.5. The summed E-state index contributed by atoms with van der Waals surface area (Å²) in [7, 11) is 0. The minimum Gasteiger partial charge on any atom is -0.457 e. The molecular weight excluding hydrogens is 335 g/mol. The number of halogens is 1. The van der Waals surface area contributed by atoms with Crippen LogP contribution in [0.3, 0.4) is 0 Å². The SMILES string of the molecule is O=C(NCCCN1CCCC1=O)c1ccc(Oc2ccc(F)cc2)cc1. The minimum atomic E-state index is -0.321. The average Bonchev–Trinajstić information content (AvgIpc) is 3.06. The molecule has 1 aliphatic heterocycles. The lowest BCUT2D eigenvalue weighted by atomic mass is 10.2. The molecule has 5 nitrogen and oxygen atoms in total. The Labute approximate surface area is 151 Å². The van der Waals surface area contributed by atoms with Gasteiger partial charge in [-0.15, -0.1) is 0 Å². The predicted molar refractivity (Wildman–Crippen MR) is 95.7 cm³/mol. The van der Waals surface area contributed by atoms with Crippen LogP contribution in [0, 0.1) is 5.82 Å². The third-order valence-electron chi connectivity index (χ3n) is 4.23. The van der Waals surface area contributed by atoms with Gasteiger partial charge in [0, 0.05) is 31.6 Å². The summed E-state index contributed by atoms with van der Waals surface area (Å²) in [4.78, 5) is 25.5. The summed E-state index contributed by atoms with van der Waals surface area (Å²) in [5.74, 6) is 0.818. The Hall–Kier alpha value is -2.89. The Bertz CT molecular complexity index is 760. The summed E-state index contributed by atoms with van der Waals surface area (Å²) in [5, 5.41) is 2.85. The van der Waals surface area contributed by atoms with Gasteiger partial charge in [-0.05, 0) is 61.4 Å². The third-order valence-corrected chi connectivity index (χ3v) is 4.23. The zero-order valence-corrected chi connectivity index (χ0v) is 14.4. The molecule has 0 aliphatic carbocycles. The number of carbonyl (C=O) groups excluding carboxylic acids is 2. The topological polar surface area (TPSA) is 58.6 Å². The first kappa shape index (κ1) is 17.9. The normalized spacial score (nSPS) is 13.7. The van der Waals surface area contributed by atoms with E-state index in [1.54, 1.807) is 36.4 Å². The number of amides is 2. The molecule has 0 spiro atoms. The maximum absolute atomic E-state index is 12.9. The third kappa shape index (κ3) is 4.81. The van der Waals surface area contributed by atoms with Gasteiger partial charge in [-0.25, -0.2) is 4.39 Å². The van der Waals surface area contributed by atoms with Crippen molar-refractivity contribution in [2.45, 2.75) is 19.3 Å². The Morgan fingerprint density at radius 3 is 2.35 bits per heavy atom. The molecule has 0 atom stereocenters. The van der Waals surface area contributed by atoms with Crippen LogP contribution >= 0.6 is 0 Å². The zero-order chi connectivity index (χ0) is 18.4. The van der Waals surface area contributed by atoms with Crippen LogP contribution < -0.4 is 10.1 Å². The first-order chi connectivity index (χ1) is 12.6. The quantitative estimate of drug-likeness (QED) is 0.774. The first-order valence-corrected chi connectivity index (χ1v) is 8.71. The Kier molecular flexibility index (Phi) is 5.84. The fourth-order valence-corrected chi connectivity index (χ4v) is 2.83. The fraction of sp³-hybridized carbons (Fsp3) is 0.300. The van der Waals surface area contributed by atoms with Gasteiger partial charge in [0.1, 0.15) is 17.3 Å². The molecule has 0 radical (unpaired) electrons. The minimum absolute atomic E-state index is 0.161. The molecule has 0 aromatic heterocycles. The smallest absolute Gasteiger partial charge is 0.251 e. The molecule has 2 amide bonds. The van der Waals surface area contributed by atoms with E-state index in [4.69, 9.17) is 4.74 Å². The zero-order valence-electron chi connectivity index (χ0n) is 14.4. The van der Waals surface area contributed by atoms with Gasteiger partial charge in [-0.3, -0.25) is 9.59 Å². The number of benzene rings is 2. The van der Waals surface area contributed by atoms with Gasteiger partial charge in [-0.2, -0.15) is 0 Å². The molecule has 0 bridgehead atoms. The summed E-state index contributed by atoms with van der Waals surface area (Å²) < 4.78 is 18.5. The number of likely N-dealkylation sites (tertiary alicyclic amines) is 1. The molecule has 26 heavy (non-hydrogen) atoms. The van der Waals surface area contributed by atoms with Crippen LogP contribution in [0.2, 0.25) is 0 Å². The van der Waals surface area contributed by atoms with Crippen LogP contribution in [-0.2, 0) is 4.79 Å². The van der Waals surface area contributed by atoms with Crippen LogP contribution in [-0.4, -0.2) is 36.3 Å². The van der Waals surface area contributed by atoms with Gasteiger partial charge >= 0.3 is 0 Å². The van der Waals surface area contributed by atoms with Crippen molar-refractivity contribution in [3.63, 3.8) is 0 Å².